The summed E-state index contributed by atoms with van der Waals surface area (Å²) in [7, 11) is -2.47. The summed E-state index contributed by atoms with van der Waals surface area (Å²) < 4.78 is 36.1. The fourth-order valence-corrected chi connectivity index (χ4v) is 5.31. The Morgan fingerprint density at radius 2 is 1.77 bits per heavy atom. The van der Waals surface area contributed by atoms with Gasteiger partial charge in [0, 0.05) is 23.3 Å². The number of benzene rings is 2. The van der Waals surface area contributed by atoms with E-state index in [0.29, 0.717) is 28.3 Å². The first kappa shape index (κ1) is 24.0. The molecule has 4 aromatic rings. The van der Waals surface area contributed by atoms with Gasteiger partial charge in [-0.15, -0.1) is 0 Å². The number of nitrogens with zero attached hydrogens (tertiary/aromatic N) is 2. The Labute approximate surface area is 204 Å². The topological polar surface area (TPSA) is 102 Å². The second-order valence-corrected chi connectivity index (χ2v) is 9.72. The lowest BCUT2D eigenvalue weighted by molar-refractivity contribution is 0.102. The van der Waals surface area contributed by atoms with E-state index in [0.717, 1.165) is 17.1 Å². The number of ether oxygens (including phenoxy) is 1. The molecule has 1 amide bonds. The molecule has 8 nitrogen and oxygen atoms in total. The van der Waals surface area contributed by atoms with Crippen LogP contribution in [0.3, 0.4) is 0 Å². The van der Waals surface area contributed by atoms with Crippen molar-refractivity contribution in [2.24, 2.45) is 0 Å². The summed E-state index contributed by atoms with van der Waals surface area (Å²) >= 11 is 0. The molecule has 0 aliphatic carbocycles. The molecule has 0 saturated carbocycles. The van der Waals surface area contributed by atoms with Crippen LogP contribution in [0, 0.1) is 20.8 Å². The third kappa shape index (κ3) is 4.90. The van der Waals surface area contributed by atoms with Crippen molar-refractivity contribution >= 4 is 27.3 Å². The van der Waals surface area contributed by atoms with Gasteiger partial charge in [-0.1, -0.05) is 18.2 Å². The van der Waals surface area contributed by atoms with E-state index in [1.54, 1.807) is 61.8 Å². The van der Waals surface area contributed by atoms with Crippen LogP contribution in [0.4, 0.5) is 11.4 Å². The molecule has 0 unspecified atom stereocenters. The molecule has 0 radical (unpaired) electrons. The Hall–Kier alpha value is -4.11. The molecule has 35 heavy (non-hydrogen) atoms. The molecular formula is C26H26N4O4S. The molecule has 0 aliphatic heterocycles. The van der Waals surface area contributed by atoms with Crippen LogP contribution < -0.4 is 14.8 Å². The van der Waals surface area contributed by atoms with Crippen LogP contribution in [-0.2, 0) is 10.0 Å². The molecule has 0 aliphatic rings. The van der Waals surface area contributed by atoms with Gasteiger partial charge in [-0.05, 0) is 68.8 Å². The second kappa shape index (κ2) is 9.63. The highest BCUT2D eigenvalue weighted by Gasteiger charge is 2.21. The Kier molecular flexibility index (Phi) is 6.61. The molecule has 4 rings (SSSR count). The van der Waals surface area contributed by atoms with E-state index < -0.39 is 10.0 Å². The van der Waals surface area contributed by atoms with Crippen LogP contribution in [0.15, 0.2) is 78.0 Å². The van der Waals surface area contributed by atoms with Gasteiger partial charge < -0.3 is 14.6 Å². The molecule has 2 aromatic carbocycles. The average Bonchev–Trinajstić information content (AvgIpc) is 3.14. The van der Waals surface area contributed by atoms with E-state index in [4.69, 9.17) is 4.74 Å². The van der Waals surface area contributed by atoms with Crippen molar-refractivity contribution in [3.63, 3.8) is 0 Å². The number of para-hydroxylation sites is 2. The number of nitrogens with one attached hydrogen (secondary N) is 2. The first-order valence-electron chi connectivity index (χ1n) is 10.9. The van der Waals surface area contributed by atoms with Gasteiger partial charge in [0.1, 0.15) is 5.75 Å². The third-order valence-electron chi connectivity index (χ3n) is 5.67. The first-order chi connectivity index (χ1) is 16.7. The summed E-state index contributed by atoms with van der Waals surface area (Å²) in [5, 5.41) is 2.83. The quantitative estimate of drug-likeness (QED) is 0.385. The van der Waals surface area contributed by atoms with Crippen molar-refractivity contribution in [2.45, 2.75) is 25.7 Å². The van der Waals surface area contributed by atoms with Gasteiger partial charge >= 0.3 is 0 Å². The molecule has 180 valence electrons. The normalized spacial score (nSPS) is 11.2. The zero-order valence-corrected chi connectivity index (χ0v) is 20.7. The van der Waals surface area contributed by atoms with Crippen LogP contribution in [0.2, 0.25) is 0 Å². The van der Waals surface area contributed by atoms with Crippen molar-refractivity contribution in [1.82, 2.24) is 9.55 Å². The Balaban J connectivity index is 1.62. The number of carbonyl (C=O) groups excluding carboxylic acids is 1. The molecule has 9 heteroatoms. The number of amides is 1. The molecule has 2 aromatic heterocycles. The summed E-state index contributed by atoms with van der Waals surface area (Å²) in [5.41, 5.74) is 4.22. The highest BCUT2D eigenvalue weighted by atomic mass is 32.2. The summed E-state index contributed by atoms with van der Waals surface area (Å²) in [6, 6.07) is 17.1. The predicted octanol–water partition coefficient (Wildman–Crippen LogP) is 4.86. The van der Waals surface area contributed by atoms with Gasteiger partial charge in [0.25, 0.3) is 15.9 Å². The van der Waals surface area contributed by atoms with E-state index in [9.17, 15) is 13.2 Å². The lowest BCUT2D eigenvalue weighted by Crippen LogP contribution is -2.17. The zero-order valence-electron chi connectivity index (χ0n) is 19.9. The molecule has 0 fully saturated rings. The average molecular weight is 491 g/mol. The SMILES string of the molecule is COc1ccccc1NS(=O)(=O)c1cc(NC(=O)c2cc(C)n(-c3cccnc3)c2C)ccc1C. The number of pyridine rings is 1. The second-order valence-electron chi connectivity index (χ2n) is 8.07. The predicted molar refractivity (Wildman–Crippen MR) is 136 cm³/mol. The van der Waals surface area contributed by atoms with E-state index >= 15 is 0 Å². The number of hydrogen-bond donors (Lipinski definition) is 2. The summed E-state index contributed by atoms with van der Waals surface area (Å²) in [6.45, 7) is 5.47. The van der Waals surface area contributed by atoms with Crippen molar-refractivity contribution in [1.29, 1.82) is 0 Å². The van der Waals surface area contributed by atoms with Gasteiger partial charge in [-0.3, -0.25) is 14.5 Å². The van der Waals surface area contributed by atoms with Gasteiger partial charge in [0.05, 0.1) is 35.1 Å². The lowest BCUT2D eigenvalue weighted by Gasteiger charge is -2.14. The minimum absolute atomic E-state index is 0.0574. The number of carbonyl (C=O) groups is 1. The fraction of sp³-hybridized carbons (Fsp3) is 0.154. The smallest absolute Gasteiger partial charge is 0.262 e. The van der Waals surface area contributed by atoms with Crippen LogP contribution in [-0.4, -0.2) is 31.0 Å². The van der Waals surface area contributed by atoms with Gasteiger partial charge in [0.15, 0.2) is 0 Å². The molecule has 0 atom stereocenters. The van der Waals surface area contributed by atoms with Crippen LogP contribution in [0.1, 0.15) is 27.3 Å². The maximum atomic E-state index is 13.2. The summed E-state index contributed by atoms with van der Waals surface area (Å²) in [6.07, 6.45) is 3.42. The van der Waals surface area contributed by atoms with Crippen LogP contribution in [0.5, 0.6) is 5.75 Å². The Morgan fingerprint density at radius 3 is 2.49 bits per heavy atom. The van der Waals surface area contributed by atoms with Gasteiger partial charge in [0.2, 0.25) is 0 Å². The standard InChI is InChI=1S/C26H26N4O4S/c1-17-11-12-20(15-25(17)35(32,33)29-23-9-5-6-10-24(23)34-4)28-26(31)22-14-18(2)30(19(22)3)21-8-7-13-27-16-21/h5-16,29H,1-4H3,(H,28,31). The van der Waals surface area contributed by atoms with Gasteiger partial charge in [-0.25, -0.2) is 8.42 Å². The first-order valence-corrected chi connectivity index (χ1v) is 12.4. The Morgan fingerprint density at radius 1 is 1.00 bits per heavy atom. The number of sulfonamides is 1. The molecular weight excluding hydrogens is 464 g/mol. The van der Waals surface area contributed by atoms with Crippen LogP contribution >= 0.6 is 0 Å². The molecule has 0 spiro atoms. The monoisotopic (exact) mass is 490 g/mol. The lowest BCUT2D eigenvalue weighted by atomic mass is 10.2. The zero-order chi connectivity index (χ0) is 25.2. The van der Waals surface area contributed by atoms with Crippen molar-refractivity contribution in [3.05, 3.63) is 95.6 Å². The highest BCUT2D eigenvalue weighted by Crippen LogP contribution is 2.29. The van der Waals surface area contributed by atoms with E-state index in [2.05, 4.69) is 15.0 Å². The Bertz CT molecular complexity index is 1500. The minimum atomic E-state index is -3.94. The maximum absolute atomic E-state index is 13.2. The minimum Gasteiger partial charge on any atom is -0.495 e. The summed E-state index contributed by atoms with van der Waals surface area (Å²) in [4.78, 5) is 17.3. The number of aromatic nitrogens is 2. The van der Waals surface area contributed by atoms with Crippen molar-refractivity contribution < 1.29 is 17.9 Å². The van der Waals surface area contributed by atoms with Crippen molar-refractivity contribution in [3.8, 4) is 11.4 Å². The highest BCUT2D eigenvalue weighted by molar-refractivity contribution is 7.92. The van der Waals surface area contributed by atoms with E-state index in [1.807, 2.05) is 30.5 Å². The molecule has 2 N–H and O–H groups in total. The van der Waals surface area contributed by atoms with E-state index in [-0.39, 0.29) is 10.8 Å². The number of aryl methyl sites for hydroxylation is 2. The fourth-order valence-electron chi connectivity index (χ4n) is 3.97. The van der Waals surface area contributed by atoms with Crippen molar-refractivity contribution in [2.75, 3.05) is 17.1 Å². The molecule has 0 bridgehead atoms. The maximum Gasteiger partial charge on any atom is 0.262 e. The summed E-state index contributed by atoms with van der Waals surface area (Å²) in [5.74, 6) is 0.0697. The number of hydrogen-bond acceptors (Lipinski definition) is 5. The third-order valence-corrected chi connectivity index (χ3v) is 7.17. The number of anilines is 2. The van der Waals surface area contributed by atoms with E-state index in [1.165, 1.54) is 13.2 Å². The molecule has 0 saturated heterocycles. The number of methoxy groups -OCH3 is 1. The van der Waals surface area contributed by atoms with Crippen LogP contribution in [0.25, 0.3) is 5.69 Å². The largest absolute Gasteiger partial charge is 0.495 e. The van der Waals surface area contributed by atoms with Gasteiger partial charge in [-0.2, -0.15) is 0 Å². The molecule has 2 heterocycles. The number of rotatable bonds is 7.